The minimum absolute atomic E-state index is 0. The molecular weight excluding hydrogens is 727 g/mol. The van der Waals surface area contributed by atoms with E-state index in [4.69, 9.17) is 0 Å². The molecule has 7 aromatic carbocycles. The summed E-state index contributed by atoms with van der Waals surface area (Å²) in [5.74, 6) is 0. The summed E-state index contributed by atoms with van der Waals surface area (Å²) in [7, 11) is 0. The van der Waals surface area contributed by atoms with E-state index in [-0.39, 0.29) is 35.6 Å². The minimum atomic E-state index is 0. The van der Waals surface area contributed by atoms with Crippen molar-refractivity contribution in [3.63, 3.8) is 0 Å². The van der Waals surface area contributed by atoms with Gasteiger partial charge in [-0.05, 0) is 28.5 Å². The van der Waals surface area contributed by atoms with E-state index in [0.717, 1.165) is 6.42 Å². The molecule has 0 atom stereocenters. The molecule has 0 spiro atoms. The van der Waals surface area contributed by atoms with Gasteiger partial charge in [0.15, 0.2) is 0 Å². The van der Waals surface area contributed by atoms with Crippen LogP contribution in [0.25, 0.3) is 32.7 Å². The van der Waals surface area contributed by atoms with Gasteiger partial charge in [-0.25, -0.2) is 12.1 Å². The average molecular weight is 771 g/mol. The molecular formula is C47H44Cl2Zr-2. The van der Waals surface area contributed by atoms with Gasteiger partial charge in [0.2, 0.25) is 0 Å². The van der Waals surface area contributed by atoms with Crippen molar-refractivity contribution in [2.75, 3.05) is 0 Å². The quantitative estimate of drug-likeness (QED) is 0.146. The molecule has 0 amide bonds. The first-order chi connectivity index (χ1) is 23.0. The van der Waals surface area contributed by atoms with Crippen LogP contribution in [0.3, 0.4) is 0 Å². The summed E-state index contributed by atoms with van der Waals surface area (Å²) >= 11 is 1.46. The number of hydrogen-bond acceptors (Lipinski definition) is 0. The van der Waals surface area contributed by atoms with Crippen molar-refractivity contribution in [2.45, 2.75) is 58.8 Å². The molecule has 7 aromatic rings. The van der Waals surface area contributed by atoms with Crippen LogP contribution >= 0.6 is 0 Å². The van der Waals surface area contributed by atoms with Crippen molar-refractivity contribution in [1.29, 1.82) is 0 Å². The monoisotopic (exact) mass is 768 g/mol. The molecule has 8 rings (SSSR count). The molecule has 0 fully saturated rings. The van der Waals surface area contributed by atoms with E-state index in [0.29, 0.717) is 0 Å². The van der Waals surface area contributed by atoms with E-state index in [1.54, 1.807) is 0 Å². The number of rotatable bonds is 2. The van der Waals surface area contributed by atoms with Crippen molar-refractivity contribution in [2.24, 2.45) is 0 Å². The standard InChI is InChI=1S/C21H13.C21H26.C5H5.2ClH.Zr/c1-2-8-15-14(7-1)13-20-18-11-4-3-9-16(18)17-10-5-6-12-19(17)21(15)20;1-20(2,3)18-11-7-16(8-12-18)15-17-9-13-19(14-10-17)21(4,5)6;1-2-4-5-3-1;;;/h1-10,12H,13H2;7-14H,1-6H3;1-5H;2*1H;/q-1;;-1;;;+2/p-2. The Morgan fingerprint density at radius 3 is 1.60 bits per heavy atom. The van der Waals surface area contributed by atoms with E-state index < -0.39 is 0 Å². The summed E-state index contributed by atoms with van der Waals surface area (Å²) in [6.45, 7) is 13.6. The summed E-state index contributed by atoms with van der Waals surface area (Å²) in [6.07, 6.45) is 1.02. The molecule has 0 radical (unpaired) electrons. The molecule has 0 heterocycles. The Kier molecular flexibility index (Phi) is 13.1. The van der Waals surface area contributed by atoms with Gasteiger partial charge >= 0.3 is 151 Å². The second-order valence-corrected chi connectivity index (χ2v) is 15.9. The number of benzene rings is 6. The topological polar surface area (TPSA) is 0 Å². The van der Waals surface area contributed by atoms with Gasteiger partial charge in [-0.2, -0.15) is 18.2 Å². The van der Waals surface area contributed by atoms with Crippen LogP contribution < -0.4 is 24.8 Å². The maximum Gasteiger partial charge on any atom is -0.0240 e. The molecule has 0 saturated carbocycles. The fourth-order valence-corrected chi connectivity index (χ4v) is 7.31. The van der Waals surface area contributed by atoms with Crippen LogP contribution in [0.1, 0.15) is 74.9 Å². The van der Waals surface area contributed by atoms with Gasteiger partial charge in [0.1, 0.15) is 0 Å². The second-order valence-electron chi connectivity index (χ2n) is 14.7. The average Bonchev–Trinajstić information content (AvgIpc) is 3.81. The summed E-state index contributed by atoms with van der Waals surface area (Å²) in [5, 5.41) is 5.30. The third-order valence-corrected chi connectivity index (χ3v) is 10.7. The zero-order valence-corrected chi connectivity index (χ0v) is 33.8. The van der Waals surface area contributed by atoms with E-state index in [9.17, 15) is 0 Å². The zero-order valence-electron chi connectivity index (χ0n) is 29.8. The molecule has 0 aromatic heterocycles. The molecule has 0 saturated heterocycles. The molecule has 0 N–H and O–H groups in total. The first-order valence-electron chi connectivity index (χ1n) is 16.9. The summed E-state index contributed by atoms with van der Waals surface area (Å²) < 4.78 is 1.42. The normalized spacial score (nSPS) is 11.5. The van der Waals surface area contributed by atoms with E-state index in [1.807, 2.05) is 36.4 Å². The summed E-state index contributed by atoms with van der Waals surface area (Å²) in [5.41, 5.74) is 11.6. The Labute approximate surface area is 326 Å². The number of fused-ring (bicyclic) bond motifs is 8. The Hall–Kier alpha value is -3.48. The predicted octanol–water partition coefficient (Wildman–Crippen LogP) is 6.18. The molecule has 3 heteroatoms. The van der Waals surface area contributed by atoms with Crippen LogP contribution in [0.2, 0.25) is 0 Å². The van der Waals surface area contributed by atoms with Crippen molar-refractivity contribution >= 4 is 24.8 Å². The van der Waals surface area contributed by atoms with Crippen LogP contribution in [0.4, 0.5) is 0 Å². The summed E-state index contributed by atoms with van der Waals surface area (Å²) in [4.78, 5) is 0. The number of halogens is 2. The van der Waals surface area contributed by atoms with Gasteiger partial charge in [-0.3, -0.25) is 0 Å². The molecule has 1 aliphatic rings. The van der Waals surface area contributed by atoms with Crippen molar-refractivity contribution < 1.29 is 49.0 Å². The van der Waals surface area contributed by atoms with E-state index >= 15 is 0 Å². The van der Waals surface area contributed by atoms with Crippen molar-refractivity contribution in [3.05, 3.63) is 185 Å². The molecule has 0 nitrogen and oxygen atoms in total. The Bertz CT molecular complexity index is 2080. The molecule has 0 bridgehead atoms. The van der Waals surface area contributed by atoms with Crippen LogP contribution in [0.15, 0.2) is 146 Å². The SMILES string of the molecule is CC(C)(C)c1ccc([C](=[Zr+2])c2ccc(C(C)(C)C)cc2)cc1.[Cl-].[Cl-].[c-]1cccc2c1c1c(c3ccccc32)-c2ccccc2C1.c1cc[cH-]c1. The molecule has 1 aliphatic carbocycles. The molecule has 0 aliphatic heterocycles. The maximum atomic E-state index is 3.48. The predicted molar refractivity (Wildman–Crippen MR) is 204 cm³/mol. The second kappa shape index (κ2) is 16.7. The zero-order chi connectivity index (χ0) is 33.9. The van der Waals surface area contributed by atoms with Crippen LogP contribution in [0, 0.1) is 6.07 Å². The van der Waals surface area contributed by atoms with Crippen LogP contribution in [-0.4, -0.2) is 3.21 Å². The first kappa shape index (κ1) is 39.3. The first-order valence-corrected chi connectivity index (χ1v) is 18.1. The third-order valence-electron chi connectivity index (χ3n) is 9.23. The van der Waals surface area contributed by atoms with Gasteiger partial charge in [0.05, 0.1) is 0 Å². The van der Waals surface area contributed by atoms with Crippen LogP contribution in [0.5, 0.6) is 0 Å². The fourth-order valence-electron chi connectivity index (χ4n) is 6.49. The maximum absolute atomic E-state index is 3.48. The van der Waals surface area contributed by atoms with Gasteiger partial charge in [-0.1, -0.05) is 53.9 Å². The Balaban J connectivity index is 0.000000190. The van der Waals surface area contributed by atoms with Gasteiger partial charge < -0.3 is 24.8 Å². The van der Waals surface area contributed by atoms with Gasteiger partial charge in [-0.15, -0.1) is 40.6 Å². The number of hydrogen-bond donors (Lipinski definition) is 0. The van der Waals surface area contributed by atoms with Crippen molar-refractivity contribution in [1.82, 2.24) is 0 Å². The largest absolute Gasteiger partial charge is 1.00 e. The minimum Gasteiger partial charge on any atom is -1.00 e. The van der Waals surface area contributed by atoms with E-state index in [1.165, 1.54) is 93.5 Å². The van der Waals surface area contributed by atoms with Crippen molar-refractivity contribution in [3.8, 4) is 11.1 Å². The Morgan fingerprint density at radius 2 is 1.08 bits per heavy atom. The van der Waals surface area contributed by atoms with Crippen LogP contribution in [-0.2, 0) is 41.5 Å². The fraction of sp³-hybridized carbons (Fsp3) is 0.191. The van der Waals surface area contributed by atoms with Gasteiger partial charge in [0.25, 0.3) is 0 Å². The third kappa shape index (κ3) is 8.69. The molecule has 252 valence electrons. The molecule has 50 heavy (non-hydrogen) atoms. The Morgan fingerprint density at radius 1 is 0.580 bits per heavy atom. The molecule has 0 unspecified atom stereocenters. The van der Waals surface area contributed by atoms with Gasteiger partial charge in [0, 0.05) is 0 Å². The smallest absolute Gasteiger partial charge is 0.0240 e. The summed E-state index contributed by atoms with van der Waals surface area (Å²) in [6, 6.07) is 55.5. The van der Waals surface area contributed by atoms with E-state index in [2.05, 4.69) is 157 Å².